The highest BCUT2D eigenvalue weighted by atomic mass is 32.1. The van der Waals surface area contributed by atoms with E-state index in [9.17, 15) is 4.79 Å². The van der Waals surface area contributed by atoms with Gasteiger partial charge in [0, 0.05) is 5.38 Å². The van der Waals surface area contributed by atoms with Gasteiger partial charge < -0.3 is 10.6 Å². The lowest BCUT2D eigenvalue weighted by molar-refractivity contribution is -0.133. The van der Waals surface area contributed by atoms with E-state index in [-0.39, 0.29) is 11.3 Å². The van der Waals surface area contributed by atoms with Crippen LogP contribution in [0.2, 0.25) is 0 Å². The molecule has 2 rings (SSSR count). The van der Waals surface area contributed by atoms with Crippen LogP contribution in [0.25, 0.3) is 0 Å². The highest BCUT2D eigenvalue weighted by Gasteiger charge is 2.37. The SMILES string of the molecule is CCC1(C(=O)NCc2csc(C)n2)CCNCC1. The van der Waals surface area contributed by atoms with Gasteiger partial charge in [0.2, 0.25) is 5.91 Å². The molecule has 0 atom stereocenters. The van der Waals surface area contributed by atoms with Gasteiger partial charge in [0.25, 0.3) is 0 Å². The van der Waals surface area contributed by atoms with Gasteiger partial charge in [-0.1, -0.05) is 6.92 Å². The Morgan fingerprint density at radius 3 is 2.83 bits per heavy atom. The summed E-state index contributed by atoms with van der Waals surface area (Å²) in [6, 6.07) is 0. The molecule has 1 aromatic rings. The number of carbonyl (C=O) groups excluding carboxylic acids is 1. The maximum Gasteiger partial charge on any atom is 0.226 e. The minimum Gasteiger partial charge on any atom is -0.350 e. The van der Waals surface area contributed by atoms with Gasteiger partial charge in [0.1, 0.15) is 0 Å². The number of nitrogens with one attached hydrogen (secondary N) is 2. The Bertz CT molecular complexity index is 410. The summed E-state index contributed by atoms with van der Waals surface area (Å²) >= 11 is 1.62. The Balaban J connectivity index is 1.93. The van der Waals surface area contributed by atoms with Crippen LogP contribution in [0.4, 0.5) is 0 Å². The predicted octanol–water partition coefficient (Wildman–Crippen LogP) is 1.85. The molecule has 1 aromatic heterocycles. The Morgan fingerprint density at radius 2 is 2.28 bits per heavy atom. The van der Waals surface area contributed by atoms with E-state index in [1.165, 1.54) is 0 Å². The van der Waals surface area contributed by atoms with E-state index >= 15 is 0 Å². The van der Waals surface area contributed by atoms with Crippen LogP contribution in [0.3, 0.4) is 0 Å². The average Bonchev–Trinajstić information content (AvgIpc) is 2.82. The van der Waals surface area contributed by atoms with Crippen molar-refractivity contribution in [2.24, 2.45) is 5.41 Å². The van der Waals surface area contributed by atoms with E-state index in [1.807, 2.05) is 12.3 Å². The summed E-state index contributed by atoms with van der Waals surface area (Å²) in [7, 11) is 0. The number of aromatic nitrogens is 1. The van der Waals surface area contributed by atoms with Crippen LogP contribution < -0.4 is 10.6 Å². The number of thiazole rings is 1. The van der Waals surface area contributed by atoms with E-state index in [1.54, 1.807) is 11.3 Å². The zero-order valence-corrected chi connectivity index (χ0v) is 11.9. The summed E-state index contributed by atoms with van der Waals surface area (Å²) in [4.78, 5) is 16.7. The van der Waals surface area contributed by atoms with Crippen molar-refractivity contribution in [3.63, 3.8) is 0 Å². The van der Waals surface area contributed by atoms with Gasteiger partial charge in [-0.2, -0.15) is 0 Å². The second-order valence-electron chi connectivity index (χ2n) is 4.92. The second kappa shape index (κ2) is 5.80. The first-order chi connectivity index (χ1) is 8.66. The van der Waals surface area contributed by atoms with Crippen LogP contribution in [0.15, 0.2) is 5.38 Å². The number of rotatable bonds is 4. The van der Waals surface area contributed by atoms with E-state index in [2.05, 4.69) is 22.5 Å². The fourth-order valence-electron chi connectivity index (χ4n) is 2.49. The normalized spacial score (nSPS) is 18.6. The highest BCUT2D eigenvalue weighted by Crippen LogP contribution is 2.32. The van der Waals surface area contributed by atoms with Crippen molar-refractivity contribution in [1.29, 1.82) is 0 Å². The zero-order chi connectivity index (χ0) is 13.0. The Kier molecular flexibility index (Phi) is 4.35. The first-order valence-corrected chi connectivity index (χ1v) is 7.44. The zero-order valence-electron chi connectivity index (χ0n) is 11.1. The Hall–Kier alpha value is -0.940. The molecule has 5 heteroatoms. The maximum atomic E-state index is 12.4. The molecule has 1 saturated heterocycles. The van der Waals surface area contributed by atoms with Crippen molar-refractivity contribution < 1.29 is 4.79 Å². The number of piperidine rings is 1. The van der Waals surface area contributed by atoms with E-state index in [0.717, 1.165) is 43.1 Å². The third kappa shape index (κ3) is 2.90. The lowest BCUT2D eigenvalue weighted by Crippen LogP contribution is -2.47. The summed E-state index contributed by atoms with van der Waals surface area (Å²) < 4.78 is 0. The molecular formula is C13H21N3OS. The molecule has 1 fully saturated rings. The molecule has 0 aromatic carbocycles. The van der Waals surface area contributed by atoms with Crippen molar-refractivity contribution in [2.75, 3.05) is 13.1 Å². The third-order valence-corrected chi connectivity index (χ3v) is 4.64. The summed E-state index contributed by atoms with van der Waals surface area (Å²) in [6.07, 6.45) is 2.79. The molecule has 0 spiro atoms. The van der Waals surface area contributed by atoms with E-state index < -0.39 is 0 Å². The average molecular weight is 267 g/mol. The van der Waals surface area contributed by atoms with Crippen molar-refractivity contribution in [2.45, 2.75) is 39.7 Å². The largest absolute Gasteiger partial charge is 0.350 e. The highest BCUT2D eigenvalue weighted by molar-refractivity contribution is 7.09. The van der Waals surface area contributed by atoms with Gasteiger partial charge in [-0.3, -0.25) is 4.79 Å². The van der Waals surface area contributed by atoms with Gasteiger partial charge >= 0.3 is 0 Å². The molecule has 2 heterocycles. The fourth-order valence-corrected chi connectivity index (χ4v) is 3.11. The van der Waals surface area contributed by atoms with Crippen LogP contribution in [-0.4, -0.2) is 24.0 Å². The molecule has 1 aliphatic heterocycles. The molecule has 0 unspecified atom stereocenters. The molecule has 0 radical (unpaired) electrons. The Morgan fingerprint density at radius 1 is 1.56 bits per heavy atom. The topological polar surface area (TPSA) is 54.0 Å². The molecule has 18 heavy (non-hydrogen) atoms. The van der Waals surface area contributed by atoms with Gasteiger partial charge in [-0.05, 0) is 39.3 Å². The number of hydrogen-bond acceptors (Lipinski definition) is 4. The van der Waals surface area contributed by atoms with Gasteiger partial charge in [0.15, 0.2) is 0 Å². The molecule has 0 aliphatic carbocycles. The molecular weight excluding hydrogens is 246 g/mol. The van der Waals surface area contributed by atoms with Crippen LogP contribution in [0, 0.1) is 12.3 Å². The van der Waals surface area contributed by atoms with E-state index in [4.69, 9.17) is 0 Å². The number of nitrogens with zero attached hydrogens (tertiary/aromatic N) is 1. The van der Waals surface area contributed by atoms with Crippen LogP contribution in [0.5, 0.6) is 0 Å². The van der Waals surface area contributed by atoms with Gasteiger partial charge in [-0.15, -0.1) is 11.3 Å². The summed E-state index contributed by atoms with van der Waals surface area (Å²) in [5.74, 6) is 0.192. The molecule has 0 bridgehead atoms. The van der Waals surface area contributed by atoms with Gasteiger partial charge in [-0.25, -0.2) is 4.98 Å². The van der Waals surface area contributed by atoms with Crippen molar-refractivity contribution in [3.8, 4) is 0 Å². The molecule has 1 amide bonds. The number of hydrogen-bond donors (Lipinski definition) is 2. The summed E-state index contributed by atoms with van der Waals surface area (Å²) in [5.41, 5.74) is 0.794. The number of carbonyl (C=O) groups is 1. The van der Waals surface area contributed by atoms with Crippen molar-refractivity contribution in [3.05, 3.63) is 16.1 Å². The molecule has 0 saturated carbocycles. The Labute approximate surface area is 112 Å². The minimum absolute atomic E-state index is 0.170. The summed E-state index contributed by atoms with van der Waals surface area (Å²) in [5, 5.41) is 9.42. The van der Waals surface area contributed by atoms with Crippen LogP contribution >= 0.6 is 11.3 Å². The standard InChI is InChI=1S/C13H21N3OS/c1-3-13(4-6-14-7-5-13)12(17)15-8-11-9-18-10(2)16-11/h9,14H,3-8H2,1-2H3,(H,15,17). The maximum absolute atomic E-state index is 12.4. The van der Waals surface area contributed by atoms with Crippen LogP contribution in [-0.2, 0) is 11.3 Å². The van der Waals surface area contributed by atoms with Crippen molar-refractivity contribution in [1.82, 2.24) is 15.6 Å². The monoisotopic (exact) mass is 267 g/mol. The molecule has 4 nitrogen and oxygen atoms in total. The molecule has 2 N–H and O–H groups in total. The smallest absolute Gasteiger partial charge is 0.226 e. The van der Waals surface area contributed by atoms with Crippen molar-refractivity contribution >= 4 is 17.2 Å². The minimum atomic E-state index is -0.170. The first-order valence-electron chi connectivity index (χ1n) is 6.56. The number of amides is 1. The lowest BCUT2D eigenvalue weighted by atomic mass is 9.76. The van der Waals surface area contributed by atoms with Crippen LogP contribution in [0.1, 0.15) is 36.9 Å². The van der Waals surface area contributed by atoms with Gasteiger partial charge in [0.05, 0.1) is 22.7 Å². The first kappa shape index (κ1) is 13.5. The summed E-state index contributed by atoms with van der Waals surface area (Å²) in [6.45, 7) is 6.53. The number of aryl methyl sites for hydroxylation is 1. The molecule has 1 aliphatic rings. The predicted molar refractivity (Wildman–Crippen MR) is 73.5 cm³/mol. The fraction of sp³-hybridized carbons (Fsp3) is 0.692. The quantitative estimate of drug-likeness (QED) is 0.875. The van der Waals surface area contributed by atoms with E-state index in [0.29, 0.717) is 6.54 Å². The molecule has 100 valence electrons. The third-order valence-electron chi connectivity index (χ3n) is 3.82. The lowest BCUT2D eigenvalue weighted by Gasteiger charge is -2.35. The second-order valence-corrected chi connectivity index (χ2v) is 5.99.